The van der Waals surface area contributed by atoms with Gasteiger partial charge in [0.05, 0.1) is 6.10 Å². The molecule has 1 atom stereocenters. The Labute approximate surface area is 182 Å². The van der Waals surface area contributed by atoms with Gasteiger partial charge >= 0.3 is 5.97 Å². The lowest BCUT2D eigenvalue weighted by atomic mass is 10.0. The Morgan fingerprint density at radius 1 is 0.552 bits per heavy atom. The van der Waals surface area contributed by atoms with Crippen molar-refractivity contribution in [2.45, 2.75) is 161 Å². The molecule has 0 aliphatic heterocycles. The molecule has 0 aromatic heterocycles. The second-order valence-corrected chi connectivity index (χ2v) is 9.09. The Morgan fingerprint density at radius 3 is 1.21 bits per heavy atom. The molecule has 3 heteroatoms. The third-order valence-electron chi connectivity index (χ3n) is 6.07. The summed E-state index contributed by atoms with van der Waals surface area (Å²) in [6, 6.07) is 0. The molecule has 0 rings (SSSR count). The minimum Gasteiger partial charge on any atom is -0.481 e. The number of hydrogen-bond donors (Lipinski definition) is 2. The fourth-order valence-corrected chi connectivity index (χ4v) is 4.08. The fourth-order valence-electron chi connectivity index (χ4n) is 4.08. The van der Waals surface area contributed by atoms with Crippen LogP contribution >= 0.6 is 0 Å². The highest BCUT2D eigenvalue weighted by molar-refractivity contribution is 5.66. The molecule has 1 unspecified atom stereocenters. The number of aliphatic hydroxyl groups excluding tert-OH is 1. The van der Waals surface area contributed by atoms with Gasteiger partial charge in [0.25, 0.3) is 0 Å². The molecule has 29 heavy (non-hydrogen) atoms. The van der Waals surface area contributed by atoms with Crippen LogP contribution in [0.3, 0.4) is 0 Å². The molecule has 0 saturated heterocycles. The first kappa shape index (κ1) is 28.4. The average Bonchev–Trinajstić information content (AvgIpc) is 2.70. The van der Waals surface area contributed by atoms with Gasteiger partial charge in [-0.3, -0.25) is 4.79 Å². The van der Waals surface area contributed by atoms with Crippen molar-refractivity contribution in [1.82, 2.24) is 0 Å². The van der Waals surface area contributed by atoms with Gasteiger partial charge in [0, 0.05) is 6.42 Å². The van der Waals surface area contributed by atoms with Crippen LogP contribution in [0.1, 0.15) is 155 Å². The van der Waals surface area contributed by atoms with Gasteiger partial charge in [-0.15, -0.1) is 0 Å². The smallest absolute Gasteiger partial charge is 0.303 e. The van der Waals surface area contributed by atoms with Crippen molar-refractivity contribution in [1.29, 1.82) is 0 Å². The van der Waals surface area contributed by atoms with Crippen molar-refractivity contribution in [3.05, 3.63) is 0 Å². The minimum atomic E-state index is -0.733. The summed E-state index contributed by atoms with van der Waals surface area (Å²) in [5.74, 6) is -0.733. The number of rotatable bonds is 24. The van der Waals surface area contributed by atoms with E-state index in [0.717, 1.165) is 25.7 Å². The molecule has 0 aliphatic carbocycles. The first-order valence-electron chi connectivity index (χ1n) is 13.1. The molecule has 0 aromatic carbocycles. The maximum atomic E-state index is 10.4. The maximum Gasteiger partial charge on any atom is 0.303 e. The molecular weight excluding hydrogens is 360 g/mol. The number of unbranched alkanes of at least 4 members (excludes halogenated alkanes) is 18. The molecule has 0 bridgehead atoms. The van der Waals surface area contributed by atoms with Crippen LogP contribution in [0.4, 0.5) is 0 Å². The lowest BCUT2D eigenvalue weighted by molar-refractivity contribution is -0.137. The van der Waals surface area contributed by atoms with Crippen LogP contribution in [0.2, 0.25) is 0 Å². The van der Waals surface area contributed by atoms with Crippen molar-refractivity contribution >= 4 is 5.97 Å². The summed E-state index contributed by atoms with van der Waals surface area (Å²) >= 11 is 0. The maximum absolute atomic E-state index is 10.4. The fraction of sp³-hybridized carbons (Fsp3) is 0.962. The van der Waals surface area contributed by atoms with Crippen molar-refractivity contribution in [3.63, 3.8) is 0 Å². The van der Waals surface area contributed by atoms with Gasteiger partial charge in [0.1, 0.15) is 0 Å². The minimum absolute atomic E-state index is 0.228. The van der Waals surface area contributed by atoms with E-state index < -0.39 is 5.97 Å². The molecular formula is C26H52O3. The first-order valence-corrected chi connectivity index (χ1v) is 13.1. The molecule has 0 amide bonds. The summed E-state index contributed by atoms with van der Waals surface area (Å²) in [5.41, 5.74) is 0. The second kappa shape index (κ2) is 23.7. The normalized spacial score (nSPS) is 12.3. The second-order valence-electron chi connectivity index (χ2n) is 9.09. The molecule has 2 N–H and O–H groups in total. The zero-order chi connectivity index (χ0) is 21.4. The van der Waals surface area contributed by atoms with Crippen LogP contribution in [-0.4, -0.2) is 22.3 Å². The Balaban J connectivity index is 3.10. The molecule has 0 aliphatic rings. The van der Waals surface area contributed by atoms with Crippen molar-refractivity contribution in [2.75, 3.05) is 0 Å². The van der Waals surface area contributed by atoms with E-state index in [4.69, 9.17) is 5.11 Å². The zero-order valence-corrected chi connectivity index (χ0v) is 19.6. The van der Waals surface area contributed by atoms with E-state index in [1.54, 1.807) is 0 Å². The first-order chi connectivity index (χ1) is 14.2. The van der Waals surface area contributed by atoms with Crippen LogP contribution in [0.5, 0.6) is 0 Å². The highest BCUT2D eigenvalue weighted by atomic mass is 16.4. The summed E-state index contributed by atoms with van der Waals surface area (Å²) in [4.78, 5) is 10.4. The Bertz CT molecular complexity index is 330. The number of carboxylic acid groups (broad SMARTS) is 1. The number of aliphatic carboxylic acids is 1. The van der Waals surface area contributed by atoms with Crippen molar-refractivity contribution in [3.8, 4) is 0 Å². The van der Waals surface area contributed by atoms with Gasteiger partial charge in [-0.25, -0.2) is 0 Å². The van der Waals surface area contributed by atoms with Gasteiger partial charge in [0.15, 0.2) is 0 Å². The molecule has 0 saturated carbocycles. The van der Waals surface area contributed by atoms with E-state index in [9.17, 15) is 9.90 Å². The van der Waals surface area contributed by atoms with E-state index in [-0.39, 0.29) is 12.5 Å². The van der Waals surface area contributed by atoms with E-state index in [1.807, 2.05) is 0 Å². The van der Waals surface area contributed by atoms with Gasteiger partial charge in [-0.2, -0.15) is 0 Å². The van der Waals surface area contributed by atoms with Gasteiger partial charge < -0.3 is 10.2 Å². The average molecular weight is 413 g/mol. The molecule has 0 radical (unpaired) electrons. The van der Waals surface area contributed by atoms with E-state index in [0.29, 0.717) is 6.42 Å². The number of aliphatic hydroxyl groups is 1. The molecule has 0 heterocycles. The number of carboxylic acids is 1. The van der Waals surface area contributed by atoms with Gasteiger partial charge in [-0.05, 0) is 19.3 Å². The highest BCUT2D eigenvalue weighted by Crippen LogP contribution is 2.15. The van der Waals surface area contributed by atoms with Crippen LogP contribution in [0, 0.1) is 0 Å². The third kappa shape index (κ3) is 25.4. The molecule has 3 nitrogen and oxygen atoms in total. The lowest BCUT2D eigenvalue weighted by Crippen LogP contribution is -2.06. The summed E-state index contributed by atoms with van der Waals surface area (Å²) in [6.07, 6.45) is 28.0. The van der Waals surface area contributed by atoms with Crippen LogP contribution in [-0.2, 0) is 4.79 Å². The van der Waals surface area contributed by atoms with E-state index in [2.05, 4.69) is 6.92 Å². The van der Waals surface area contributed by atoms with Gasteiger partial charge in [-0.1, -0.05) is 129 Å². The number of hydrogen-bond acceptors (Lipinski definition) is 2. The Morgan fingerprint density at radius 2 is 0.862 bits per heavy atom. The number of carbonyl (C=O) groups is 1. The highest BCUT2D eigenvalue weighted by Gasteiger charge is 2.05. The molecule has 0 aromatic rings. The van der Waals surface area contributed by atoms with Crippen LogP contribution in [0.15, 0.2) is 0 Å². The monoisotopic (exact) mass is 412 g/mol. The van der Waals surface area contributed by atoms with E-state index in [1.165, 1.54) is 109 Å². The topological polar surface area (TPSA) is 57.5 Å². The Hall–Kier alpha value is -0.570. The summed E-state index contributed by atoms with van der Waals surface area (Å²) in [6.45, 7) is 2.28. The lowest BCUT2D eigenvalue weighted by Gasteiger charge is -2.09. The molecule has 0 fully saturated rings. The van der Waals surface area contributed by atoms with Crippen LogP contribution in [0.25, 0.3) is 0 Å². The standard InChI is InChI=1S/C26H52O3/c1-2-3-4-5-6-7-8-9-10-11-12-13-14-15-16-17-18-19-22-25(27)23-20-21-24-26(28)29/h25,27H,2-24H2,1H3,(H,28,29). The largest absolute Gasteiger partial charge is 0.481 e. The molecule has 174 valence electrons. The van der Waals surface area contributed by atoms with Crippen molar-refractivity contribution < 1.29 is 15.0 Å². The quantitative estimate of drug-likeness (QED) is 0.156. The predicted octanol–water partition coefficient (Wildman–Crippen LogP) is 8.42. The van der Waals surface area contributed by atoms with Gasteiger partial charge in [0.2, 0.25) is 0 Å². The van der Waals surface area contributed by atoms with Crippen molar-refractivity contribution in [2.24, 2.45) is 0 Å². The molecule has 0 spiro atoms. The van der Waals surface area contributed by atoms with Crippen LogP contribution < -0.4 is 0 Å². The zero-order valence-electron chi connectivity index (χ0n) is 19.6. The summed E-state index contributed by atoms with van der Waals surface area (Å²) < 4.78 is 0. The van der Waals surface area contributed by atoms with E-state index >= 15 is 0 Å². The predicted molar refractivity (Wildman–Crippen MR) is 126 cm³/mol. The summed E-state index contributed by atoms with van der Waals surface area (Å²) in [7, 11) is 0. The SMILES string of the molecule is CCCCCCCCCCCCCCCCCCCCC(O)CCCCC(=O)O. The summed E-state index contributed by atoms with van der Waals surface area (Å²) in [5, 5.41) is 18.5. The Kier molecular flexibility index (Phi) is 23.2. The third-order valence-corrected chi connectivity index (χ3v) is 6.07.